The topological polar surface area (TPSA) is 12.0 Å². The van der Waals surface area contributed by atoms with Crippen LogP contribution in [0.15, 0.2) is 42.5 Å². The fourth-order valence-electron chi connectivity index (χ4n) is 2.06. The van der Waals surface area contributed by atoms with Crippen molar-refractivity contribution in [3.8, 4) is 0 Å². The van der Waals surface area contributed by atoms with Gasteiger partial charge in [-0.15, -0.1) is 0 Å². The highest BCUT2D eigenvalue weighted by Crippen LogP contribution is 2.28. The van der Waals surface area contributed by atoms with Gasteiger partial charge in [0.05, 0.1) is 11.1 Å². The van der Waals surface area contributed by atoms with Crippen molar-refractivity contribution in [1.82, 2.24) is 5.32 Å². The smallest absolute Gasteiger partial charge is 0.0577 e. The van der Waals surface area contributed by atoms with Crippen LogP contribution in [0.3, 0.4) is 0 Å². The minimum absolute atomic E-state index is 0.140. The van der Waals surface area contributed by atoms with E-state index >= 15 is 0 Å². The predicted molar refractivity (Wildman–Crippen MR) is 95.8 cm³/mol. The third-order valence-electron chi connectivity index (χ3n) is 3.08. The van der Waals surface area contributed by atoms with Crippen LogP contribution in [0, 0.1) is 3.57 Å². The standard InChI is InChI=1S/C16H16Cl2IN/c1-2-9-20-16(11-3-6-13(17)7-4-11)12-5-8-15(19)14(18)10-12/h3-8,10,16,20H,2,9H2,1H3. The summed E-state index contributed by atoms with van der Waals surface area (Å²) < 4.78 is 1.07. The van der Waals surface area contributed by atoms with Crippen LogP contribution in [0.5, 0.6) is 0 Å². The Morgan fingerprint density at radius 2 is 1.70 bits per heavy atom. The molecule has 2 aromatic carbocycles. The van der Waals surface area contributed by atoms with Gasteiger partial charge < -0.3 is 5.32 Å². The Morgan fingerprint density at radius 1 is 1.05 bits per heavy atom. The molecule has 106 valence electrons. The first-order valence-corrected chi connectivity index (χ1v) is 8.39. The van der Waals surface area contributed by atoms with Crippen molar-refractivity contribution >= 4 is 45.8 Å². The number of halogens is 3. The normalized spacial score (nSPS) is 12.4. The molecule has 0 aliphatic rings. The molecule has 0 saturated carbocycles. The van der Waals surface area contributed by atoms with Gasteiger partial charge in [-0.25, -0.2) is 0 Å². The Balaban J connectivity index is 2.35. The molecule has 20 heavy (non-hydrogen) atoms. The molecular weight excluding hydrogens is 404 g/mol. The zero-order chi connectivity index (χ0) is 14.5. The third-order valence-corrected chi connectivity index (χ3v) is 4.90. The van der Waals surface area contributed by atoms with Gasteiger partial charge in [0, 0.05) is 8.59 Å². The van der Waals surface area contributed by atoms with Gasteiger partial charge in [0.25, 0.3) is 0 Å². The van der Waals surface area contributed by atoms with Gasteiger partial charge in [0.2, 0.25) is 0 Å². The molecular formula is C16H16Cl2IN. The Kier molecular flexibility index (Phi) is 6.15. The van der Waals surface area contributed by atoms with E-state index < -0.39 is 0 Å². The molecule has 1 nitrogen and oxygen atoms in total. The van der Waals surface area contributed by atoms with Crippen LogP contribution in [0.2, 0.25) is 10.0 Å². The highest BCUT2D eigenvalue weighted by molar-refractivity contribution is 14.1. The van der Waals surface area contributed by atoms with E-state index in [0.717, 1.165) is 26.6 Å². The Hall–Kier alpha value is -0.290. The van der Waals surface area contributed by atoms with Crippen LogP contribution in [-0.2, 0) is 0 Å². The average Bonchev–Trinajstić information content (AvgIpc) is 2.45. The van der Waals surface area contributed by atoms with Crippen LogP contribution in [0.1, 0.15) is 30.5 Å². The second-order valence-electron chi connectivity index (χ2n) is 4.61. The fourth-order valence-corrected chi connectivity index (χ4v) is 2.71. The minimum atomic E-state index is 0.140. The first-order chi connectivity index (χ1) is 9.61. The molecule has 0 radical (unpaired) electrons. The lowest BCUT2D eigenvalue weighted by Gasteiger charge is -2.20. The summed E-state index contributed by atoms with van der Waals surface area (Å²) in [5.41, 5.74) is 2.37. The van der Waals surface area contributed by atoms with Gasteiger partial charge in [-0.1, -0.05) is 48.3 Å². The summed E-state index contributed by atoms with van der Waals surface area (Å²) >= 11 is 14.5. The van der Waals surface area contributed by atoms with Crippen LogP contribution in [-0.4, -0.2) is 6.54 Å². The molecule has 1 unspecified atom stereocenters. The van der Waals surface area contributed by atoms with Crippen molar-refractivity contribution in [1.29, 1.82) is 0 Å². The highest BCUT2D eigenvalue weighted by atomic mass is 127. The molecule has 0 saturated heterocycles. The number of hydrogen-bond donors (Lipinski definition) is 1. The predicted octanol–water partition coefficient (Wildman–Crippen LogP) is 5.69. The maximum atomic E-state index is 6.25. The van der Waals surface area contributed by atoms with Crippen molar-refractivity contribution in [2.75, 3.05) is 6.54 Å². The van der Waals surface area contributed by atoms with E-state index in [2.05, 4.69) is 59.1 Å². The van der Waals surface area contributed by atoms with Gasteiger partial charge in [-0.05, 0) is 70.9 Å². The second-order valence-corrected chi connectivity index (χ2v) is 6.62. The summed E-state index contributed by atoms with van der Waals surface area (Å²) in [6.07, 6.45) is 1.09. The number of nitrogens with one attached hydrogen (secondary N) is 1. The van der Waals surface area contributed by atoms with Crippen molar-refractivity contribution in [3.63, 3.8) is 0 Å². The summed E-state index contributed by atoms with van der Waals surface area (Å²) in [5.74, 6) is 0. The van der Waals surface area contributed by atoms with E-state index in [1.807, 2.05) is 18.2 Å². The molecule has 0 heterocycles. The van der Waals surface area contributed by atoms with Gasteiger partial charge in [0.15, 0.2) is 0 Å². The number of hydrogen-bond acceptors (Lipinski definition) is 1. The molecule has 0 aliphatic heterocycles. The average molecular weight is 420 g/mol. The van der Waals surface area contributed by atoms with E-state index in [4.69, 9.17) is 23.2 Å². The summed E-state index contributed by atoms with van der Waals surface area (Å²) in [7, 11) is 0. The van der Waals surface area contributed by atoms with Gasteiger partial charge >= 0.3 is 0 Å². The molecule has 0 aromatic heterocycles. The van der Waals surface area contributed by atoms with Gasteiger partial charge in [-0.3, -0.25) is 0 Å². The molecule has 0 bridgehead atoms. The Labute approximate surface area is 143 Å². The molecule has 0 spiro atoms. The Morgan fingerprint density at radius 3 is 2.30 bits per heavy atom. The molecule has 0 fully saturated rings. The van der Waals surface area contributed by atoms with E-state index in [1.54, 1.807) is 0 Å². The lowest BCUT2D eigenvalue weighted by molar-refractivity contribution is 0.598. The molecule has 2 rings (SSSR count). The molecule has 1 N–H and O–H groups in total. The zero-order valence-electron chi connectivity index (χ0n) is 11.2. The maximum Gasteiger partial charge on any atom is 0.0577 e. The lowest BCUT2D eigenvalue weighted by Crippen LogP contribution is -2.23. The summed E-state index contributed by atoms with van der Waals surface area (Å²) in [6.45, 7) is 3.11. The van der Waals surface area contributed by atoms with Crippen molar-refractivity contribution in [3.05, 3.63) is 67.2 Å². The molecule has 0 amide bonds. The van der Waals surface area contributed by atoms with Crippen LogP contribution in [0.25, 0.3) is 0 Å². The number of benzene rings is 2. The second kappa shape index (κ2) is 7.64. The molecule has 0 aliphatic carbocycles. The van der Waals surface area contributed by atoms with E-state index in [-0.39, 0.29) is 6.04 Å². The van der Waals surface area contributed by atoms with Gasteiger partial charge in [-0.2, -0.15) is 0 Å². The monoisotopic (exact) mass is 419 g/mol. The van der Waals surface area contributed by atoms with Crippen molar-refractivity contribution in [2.45, 2.75) is 19.4 Å². The lowest BCUT2D eigenvalue weighted by atomic mass is 9.98. The largest absolute Gasteiger partial charge is 0.306 e. The quantitative estimate of drug-likeness (QED) is 0.614. The zero-order valence-corrected chi connectivity index (χ0v) is 14.8. The molecule has 4 heteroatoms. The Bertz CT molecular complexity index is 569. The van der Waals surface area contributed by atoms with Gasteiger partial charge in [0.1, 0.15) is 0 Å². The van der Waals surface area contributed by atoms with Crippen molar-refractivity contribution < 1.29 is 0 Å². The first kappa shape index (κ1) is 16.1. The molecule has 2 aromatic rings. The van der Waals surface area contributed by atoms with E-state index in [1.165, 1.54) is 11.1 Å². The van der Waals surface area contributed by atoms with Crippen molar-refractivity contribution in [2.24, 2.45) is 0 Å². The SMILES string of the molecule is CCCNC(c1ccc(Cl)cc1)c1ccc(I)c(Cl)c1. The minimum Gasteiger partial charge on any atom is -0.306 e. The number of rotatable bonds is 5. The van der Waals surface area contributed by atoms with Crippen LogP contribution >= 0.6 is 45.8 Å². The third kappa shape index (κ3) is 4.10. The first-order valence-electron chi connectivity index (χ1n) is 6.55. The fraction of sp³-hybridized carbons (Fsp3) is 0.250. The molecule has 1 atom stereocenters. The summed E-state index contributed by atoms with van der Waals surface area (Å²) in [5, 5.41) is 5.11. The highest BCUT2D eigenvalue weighted by Gasteiger charge is 2.14. The maximum absolute atomic E-state index is 6.25. The van der Waals surface area contributed by atoms with Crippen LogP contribution in [0.4, 0.5) is 0 Å². The van der Waals surface area contributed by atoms with E-state index in [9.17, 15) is 0 Å². The van der Waals surface area contributed by atoms with E-state index in [0.29, 0.717) is 0 Å². The summed E-state index contributed by atoms with van der Waals surface area (Å²) in [4.78, 5) is 0. The summed E-state index contributed by atoms with van der Waals surface area (Å²) in [6, 6.07) is 14.3. The van der Waals surface area contributed by atoms with Crippen LogP contribution < -0.4 is 5.32 Å².